The maximum absolute atomic E-state index is 12.2. The van der Waals surface area contributed by atoms with Crippen LogP contribution >= 0.6 is 24.8 Å². The third-order valence-electron chi connectivity index (χ3n) is 4.58. The number of ether oxygens (including phenoxy) is 1. The lowest BCUT2D eigenvalue weighted by Crippen LogP contribution is -2.35. The zero-order valence-corrected chi connectivity index (χ0v) is 15.4. The summed E-state index contributed by atoms with van der Waals surface area (Å²) in [6.45, 7) is 4.55. The molecule has 1 aliphatic carbocycles. The van der Waals surface area contributed by atoms with Gasteiger partial charge < -0.3 is 15.8 Å². The number of amides is 1. The van der Waals surface area contributed by atoms with Crippen LogP contribution < -0.4 is 11.1 Å². The summed E-state index contributed by atoms with van der Waals surface area (Å²) in [4.78, 5) is 14.6. The molecule has 2 aliphatic rings. The van der Waals surface area contributed by atoms with E-state index in [1.807, 2.05) is 12.1 Å². The third kappa shape index (κ3) is 5.90. The molecule has 3 rings (SSSR count). The predicted molar refractivity (Wildman–Crippen MR) is 101 cm³/mol. The van der Waals surface area contributed by atoms with Gasteiger partial charge in [0, 0.05) is 37.3 Å². The van der Waals surface area contributed by atoms with E-state index in [2.05, 4.69) is 22.3 Å². The highest BCUT2D eigenvalue weighted by atomic mass is 35.5. The summed E-state index contributed by atoms with van der Waals surface area (Å²) >= 11 is 0. The van der Waals surface area contributed by atoms with Crippen LogP contribution in [0.15, 0.2) is 24.3 Å². The van der Waals surface area contributed by atoms with Crippen molar-refractivity contribution in [1.82, 2.24) is 4.90 Å². The lowest BCUT2D eigenvalue weighted by molar-refractivity contribution is -0.119. The molecule has 3 N–H and O–H groups in total. The number of nitrogens with two attached hydrogens (primary N) is 1. The molecule has 24 heavy (non-hydrogen) atoms. The summed E-state index contributed by atoms with van der Waals surface area (Å²) in [6.07, 6.45) is 2.67. The quantitative estimate of drug-likeness (QED) is 0.847. The van der Waals surface area contributed by atoms with E-state index in [0.717, 1.165) is 57.8 Å². The van der Waals surface area contributed by atoms with Gasteiger partial charge in [-0.1, -0.05) is 12.1 Å². The molecule has 2 fully saturated rings. The van der Waals surface area contributed by atoms with Crippen molar-refractivity contribution in [3.8, 4) is 0 Å². The van der Waals surface area contributed by atoms with Gasteiger partial charge in [-0.25, -0.2) is 0 Å². The number of hydrogen-bond acceptors (Lipinski definition) is 4. The van der Waals surface area contributed by atoms with E-state index in [1.54, 1.807) is 0 Å². The Morgan fingerprint density at radius 3 is 2.42 bits per heavy atom. The fraction of sp³-hybridized carbons (Fsp3) is 0.588. The second-order valence-corrected chi connectivity index (χ2v) is 6.34. The Morgan fingerprint density at radius 1 is 1.17 bits per heavy atom. The monoisotopic (exact) mass is 375 g/mol. The topological polar surface area (TPSA) is 67.6 Å². The molecule has 0 spiro atoms. The van der Waals surface area contributed by atoms with Gasteiger partial charge in [0.1, 0.15) is 0 Å². The maximum atomic E-state index is 12.2. The van der Waals surface area contributed by atoms with Crippen molar-refractivity contribution in [3.63, 3.8) is 0 Å². The number of nitrogens with zero attached hydrogens (tertiary/aromatic N) is 1. The van der Waals surface area contributed by atoms with Gasteiger partial charge >= 0.3 is 0 Å². The first-order valence-corrected chi connectivity index (χ1v) is 8.16. The predicted octanol–water partition coefficient (Wildman–Crippen LogP) is 2.43. The summed E-state index contributed by atoms with van der Waals surface area (Å²) in [5.74, 6) is 0.178. The number of carbonyl (C=O) groups excluding carboxylic acids is 1. The van der Waals surface area contributed by atoms with Crippen LogP contribution in [0.25, 0.3) is 0 Å². The molecular weight excluding hydrogens is 349 g/mol. The van der Waals surface area contributed by atoms with Gasteiger partial charge in [0.2, 0.25) is 5.91 Å². The summed E-state index contributed by atoms with van der Waals surface area (Å²) in [7, 11) is 0. The van der Waals surface area contributed by atoms with Crippen molar-refractivity contribution in [1.29, 1.82) is 0 Å². The summed E-state index contributed by atoms with van der Waals surface area (Å²) in [6, 6.07) is 8.34. The molecule has 5 nitrogen and oxygen atoms in total. The minimum Gasteiger partial charge on any atom is -0.379 e. The lowest BCUT2D eigenvalue weighted by atomic mass is 10.1. The molecule has 1 saturated heterocycles. The largest absolute Gasteiger partial charge is 0.379 e. The Labute approximate surface area is 156 Å². The molecule has 2 unspecified atom stereocenters. The van der Waals surface area contributed by atoms with Gasteiger partial charge in [0.15, 0.2) is 0 Å². The average Bonchev–Trinajstić information content (AvgIpc) is 2.97. The van der Waals surface area contributed by atoms with Crippen LogP contribution in [0.2, 0.25) is 0 Å². The van der Waals surface area contributed by atoms with Crippen molar-refractivity contribution in [3.05, 3.63) is 29.8 Å². The van der Waals surface area contributed by atoms with E-state index in [9.17, 15) is 4.79 Å². The van der Waals surface area contributed by atoms with Gasteiger partial charge in [0.25, 0.3) is 0 Å². The minimum atomic E-state index is 0. The van der Waals surface area contributed by atoms with Crippen molar-refractivity contribution in [2.45, 2.75) is 31.8 Å². The number of anilines is 1. The van der Waals surface area contributed by atoms with Gasteiger partial charge in [-0.3, -0.25) is 9.69 Å². The zero-order chi connectivity index (χ0) is 15.4. The molecule has 0 radical (unpaired) electrons. The fourth-order valence-electron chi connectivity index (χ4n) is 3.21. The molecule has 1 saturated carbocycles. The highest BCUT2D eigenvalue weighted by molar-refractivity contribution is 5.92. The van der Waals surface area contributed by atoms with Crippen LogP contribution in [-0.2, 0) is 16.1 Å². The molecule has 0 aromatic heterocycles. The molecule has 0 bridgehead atoms. The molecular formula is C17H27Cl2N3O2. The van der Waals surface area contributed by atoms with E-state index in [0.29, 0.717) is 0 Å². The summed E-state index contributed by atoms with van der Waals surface area (Å²) < 4.78 is 5.36. The standard InChI is InChI=1S/C17H25N3O2.2ClH/c18-15-4-3-14(11-15)17(21)19-16-5-1-13(2-6-16)12-20-7-9-22-10-8-20;;/h1-2,5-6,14-15H,3-4,7-12,18H2,(H,19,21);2*1H. The van der Waals surface area contributed by atoms with Crippen molar-refractivity contribution in [2.24, 2.45) is 11.7 Å². The fourth-order valence-corrected chi connectivity index (χ4v) is 3.21. The highest BCUT2D eigenvalue weighted by Gasteiger charge is 2.27. The maximum Gasteiger partial charge on any atom is 0.227 e. The number of rotatable bonds is 4. The number of morpholine rings is 1. The van der Waals surface area contributed by atoms with Gasteiger partial charge in [0.05, 0.1) is 13.2 Å². The number of hydrogen-bond donors (Lipinski definition) is 2. The molecule has 1 aromatic rings. The molecule has 7 heteroatoms. The second-order valence-electron chi connectivity index (χ2n) is 6.34. The Morgan fingerprint density at radius 2 is 1.83 bits per heavy atom. The molecule has 1 aliphatic heterocycles. The first-order chi connectivity index (χ1) is 10.7. The average molecular weight is 376 g/mol. The van der Waals surface area contributed by atoms with Crippen molar-refractivity contribution >= 4 is 36.4 Å². The smallest absolute Gasteiger partial charge is 0.227 e. The molecule has 1 aromatic carbocycles. The SMILES string of the molecule is Cl.Cl.NC1CCC(C(=O)Nc2ccc(CN3CCOCC3)cc2)C1. The molecule has 2 atom stereocenters. The normalized spacial score (nSPS) is 23.9. The van der Waals surface area contributed by atoms with E-state index < -0.39 is 0 Å². The van der Waals surface area contributed by atoms with E-state index >= 15 is 0 Å². The van der Waals surface area contributed by atoms with E-state index in [4.69, 9.17) is 10.5 Å². The van der Waals surface area contributed by atoms with E-state index in [1.165, 1.54) is 5.56 Å². The Kier molecular flexibility index (Phi) is 9.02. The zero-order valence-electron chi connectivity index (χ0n) is 13.8. The Hall–Kier alpha value is -0.850. The molecule has 1 heterocycles. The number of nitrogens with one attached hydrogen (secondary N) is 1. The first kappa shape index (κ1) is 21.2. The molecule has 136 valence electrons. The minimum absolute atomic E-state index is 0. The number of benzene rings is 1. The van der Waals surface area contributed by atoms with Crippen LogP contribution in [0.1, 0.15) is 24.8 Å². The third-order valence-corrected chi connectivity index (χ3v) is 4.58. The van der Waals surface area contributed by atoms with Crippen LogP contribution in [0, 0.1) is 5.92 Å². The second kappa shape index (κ2) is 10.2. The number of carbonyl (C=O) groups is 1. The van der Waals surface area contributed by atoms with Crippen molar-refractivity contribution < 1.29 is 9.53 Å². The van der Waals surface area contributed by atoms with E-state index in [-0.39, 0.29) is 42.7 Å². The Balaban J connectivity index is 0.00000144. The first-order valence-electron chi connectivity index (χ1n) is 8.16. The van der Waals surface area contributed by atoms with Crippen LogP contribution in [0.4, 0.5) is 5.69 Å². The van der Waals surface area contributed by atoms with Crippen LogP contribution in [-0.4, -0.2) is 43.2 Å². The lowest BCUT2D eigenvalue weighted by Gasteiger charge is -2.26. The van der Waals surface area contributed by atoms with Gasteiger partial charge in [-0.2, -0.15) is 0 Å². The van der Waals surface area contributed by atoms with Gasteiger partial charge in [-0.15, -0.1) is 24.8 Å². The van der Waals surface area contributed by atoms with Crippen molar-refractivity contribution in [2.75, 3.05) is 31.6 Å². The summed E-state index contributed by atoms with van der Waals surface area (Å²) in [5, 5.41) is 3.01. The van der Waals surface area contributed by atoms with Crippen LogP contribution in [0.5, 0.6) is 0 Å². The van der Waals surface area contributed by atoms with Gasteiger partial charge in [-0.05, 0) is 37.0 Å². The molecule has 1 amide bonds. The summed E-state index contributed by atoms with van der Waals surface area (Å²) in [5.41, 5.74) is 8.01. The number of halogens is 2. The van der Waals surface area contributed by atoms with Crippen LogP contribution in [0.3, 0.4) is 0 Å². The highest BCUT2D eigenvalue weighted by Crippen LogP contribution is 2.25. The Bertz CT molecular complexity index is 507.